The molecule has 4 aliphatic rings. The molecule has 9 rings (SSSR count). The maximum Gasteiger partial charge on any atom is 0.176 e. The molecule has 8 heteroatoms. The van der Waals surface area contributed by atoms with Crippen molar-refractivity contribution in [3.05, 3.63) is 71.3 Å². The van der Waals surface area contributed by atoms with E-state index in [0.717, 1.165) is 72.5 Å². The smallest absolute Gasteiger partial charge is 0.176 e. The topological polar surface area (TPSA) is 99.9 Å². The molecule has 41 heavy (non-hydrogen) atoms. The maximum atomic E-state index is 6.26. The Bertz CT molecular complexity index is 1660. The van der Waals surface area contributed by atoms with Gasteiger partial charge in [0.15, 0.2) is 5.79 Å². The number of nitrogens with one attached hydrogen (secondary N) is 4. The van der Waals surface area contributed by atoms with Gasteiger partial charge in [-0.05, 0) is 96.4 Å². The Balaban J connectivity index is 1.13. The summed E-state index contributed by atoms with van der Waals surface area (Å²) in [6.45, 7) is 3.41. The zero-order chi connectivity index (χ0) is 27.0. The highest BCUT2D eigenvalue weighted by atomic mass is 16.7. The number of hydrogen-bond acceptors (Lipinski definition) is 6. The molecule has 208 valence electrons. The maximum absolute atomic E-state index is 6.26. The molecule has 3 fully saturated rings. The second-order valence-electron chi connectivity index (χ2n) is 12.1. The molecule has 0 saturated carbocycles. The third-order valence-corrected chi connectivity index (χ3v) is 9.54. The summed E-state index contributed by atoms with van der Waals surface area (Å²) in [4.78, 5) is 17.0. The van der Waals surface area contributed by atoms with E-state index in [9.17, 15) is 0 Å². The van der Waals surface area contributed by atoms with E-state index < -0.39 is 5.79 Å². The zero-order valence-electron chi connectivity index (χ0n) is 23.1. The molecule has 8 nitrogen and oxygen atoms in total. The lowest BCUT2D eigenvalue weighted by Gasteiger charge is -2.20. The summed E-state index contributed by atoms with van der Waals surface area (Å²) in [5.41, 5.74) is 11.7. The van der Waals surface area contributed by atoms with Crippen LogP contribution in [0.25, 0.3) is 44.3 Å². The number of aromatic amines is 2. The summed E-state index contributed by atoms with van der Waals surface area (Å²) in [6.07, 6.45) is 6.17. The van der Waals surface area contributed by atoms with Crippen molar-refractivity contribution in [1.82, 2.24) is 30.6 Å². The van der Waals surface area contributed by atoms with Crippen molar-refractivity contribution in [1.29, 1.82) is 0 Å². The van der Waals surface area contributed by atoms with Crippen molar-refractivity contribution in [3.8, 4) is 22.3 Å². The molecule has 5 heterocycles. The zero-order valence-corrected chi connectivity index (χ0v) is 23.1. The number of nitrogens with zero attached hydrogens (tertiary/aromatic N) is 2. The Labute approximate surface area is 238 Å². The van der Waals surface area contributed by atoms with Gasteiger partial charge in [0.25, 0.3) is 0 Å². The molecule has 0 bridgehead atoms. The fourth-order valence-corrected chi connectivity index (χ4v) is 7.50. The van der Waals surface area contributed by atoms with E-state index >= 15 is 0 Å². The molecule has 1 spiro atoms. The molecule has 0 radical (unpaired) electrons. The van der Waals surface area contributed by atoms with Crippen LogP contribution in [0.3, 0.4) is 0 Å². The molecule has 2 unspecified atom stereocenters. The molecular formula is C33H34N6O2. The molecule has 3 aromatic carbocycles. The van der Waals surface area contributed by atoms with E-state index in [-0.39, 0.29) is 0 Å². The highest BCUT2D eigenvalue weighted by molar-refractivity contribution is 5.87. The van der Waals surface area contributed by atoms with Crippen LogP contribution in [0.5, 0.6) is 0 Å². The van der Waals surface area contributed by atoms with Crippen molar-refractivity contribution in [3.63, 3.8) is 0 Å². The van der Waals surface area contributed by atoms with Gasteiger partial charge >= 0.3 is 0 Å². The van der Waals surface area contributed by atoms with E-state index in [1.807, 2.05) is 0 Å². The third kappa shape index (κ3) is 3.96. The Morgan fingerprint density at radius 2 is 1.17 bits per heavy atom. The predicted molar refractivity (Wildman–Crippen MR) is 159 cm³/mol. The molecular weight excluding hydrogens is 512 g/mol. The average Bonchev–Trinajstić information content (AvgIpc) is 3.83. The number of ether oxygens (including phenoxy) is 2. The highest BCUT2D eigenvalue weighted by Gasteiger charge is 2.44. The number of fused-ring (bicyclic) bond motifs is 3. The minimum atomic E-state index is -0.564. The first kappa shape index (κ1) is 24.1. The fraction of sp³-hybridized carbons (Fsp3) is 0.394. The SMILES string of the molecule is c1cc2nc(C3CCCN3)[nH]c2cc1-c1ccc(-c2ccc3nc(C4CCCN4)[nH]c3c2)c2c1CC1(C2)OCCO1. The van der Waals surface area contributed by atoms with Gasteiger partial charge in [0.05, 0.1) is 47.4 Å². The Kier molecular flexibility index (Phi) is 5.42. The Hall–Kier alpha value is -3.56. The number of hydrogen-bond donors (Lipinski definition) is 4. The van der Waals surface area contributed by atoms with E-state index in [0.29, 0.717) is 25.3 Å². The first-order valence-corrected chi connectivity index (χ1v) is 15.1. The Morgan fingerprint density at radius 3 is 1.63 bits per heavy atom. The van der Waals surface area contributed by atoms with Crippen molar-refractivity contribution < 1.29 is 9.47 Å². The molecule has 4 N–H and O–H groups in total. The summed E-state index contributed by atoms with van der Waals surface area (Å²) in [6, 6.07) is 18.4. The van der Waals surface area contributed by atoms with Crippen LogP contribution in [0.2, 0.25) is 0 Å². The first-order chi connectivity index (χ1) is 20.2. The monoisotopic (exact) mass is 546 g/mol. The van der Waals surface area contributed by atoms with Crippen LogP contribution in [-0.4, -0.2) is 52.0 Å². The summed E-state index contributed by atoms with van der Waals surface area (Å²) in [5.74, 6) is 1.53. The lowest BCUT2D eigenvalue weighted by molar-refractivity contribution is -0.147. The van der Waals surface area contributed by atoms with Gasteiger partial charge < -0.3 is 30.1 Å². The van der Waals surface area contributed by atoms with Crippen molar-refractivity contribution in [2.75, 3.05) is 26.3 Å². The molecule has 5 aromatic rings. The van der Waals surface area contributed by atoms with Gasteiger partial charge in [-0.15, -0.1) is 0 Å². The summed E-state index contributed by atoms with van der Waals surface area (Å²) in [5, 5.41) is 7.12. The number of aromatic nitrogens is 4. The minimum absolute atomic E-state index is 0.323. The highest BCUT2D eigenvalue weighted by Crippen LogP contribution is 2.46. The summed E-state index contributed by atoms with van der Waals surface area (Å²) >= 11 is 0. The van der Waals surface area contributed by atoms with Crippen molar-refractivity contribution >= 4 is 22.1 Å². The molecule has 2 atom stereocenters. The number of H-pyrrole nitrogens is 2. The van der Waals surface area contributed by atoms with E-state index in [1.54, 1.807) is 0 Å². The standard InChI is InChI=1S/C33H34N6O2/c1-3-27(34-11-1)31-36-25-9-5-19(15-29(25)38-31)21-7-8-22(24-18-33(17-23(21)24)40-13-14-41-33)20-6-10-26-30(16-20)39-32(37-26)28-4-2-12-35-28/h5-10,15-16,27-28,34-35H,1-4,11-14,17-18H2,(H,36,38)(H,37,39). The van der Waals surface area contributed by atoms with Gasteiger partial charge in [0.1, 0.15) is 11.6 Å². The van der Waals surface area contributed by atoms with Crippen LogP contribution < -0.4 is 10.6 Å². The molecule has 3 aliphatic heterocycles. The van der Waals surface area contributed by atoms with E-state index in [2.05, 4.69) is 69.1 Å². The van der Waals surface area contributed by atoms with Gasteiger partial charge in [-0.3, -0.25) is 0 Å². The first-order valence-electron chi connectivity index (χ1n) is 15.1. The molecule has 1 aliphatic carbocycles. The van der Waals surface area contributed by atoms with Crippen molar-refractivity contribution in [2.24, 2.45) is 0 Å². The summed E-state index contributed by atoms with van der Waals surface area (Å²) < 4.78 is 12.5. The average molecular weight is 547 g/mol. The second-order valence-corrected chi connectivity index (χ2v) is 12.1. The van der Waals surface area contributed by atoms with Crippen molar-refractivity contribution in [2.45, 2.75) is 56.4 Å². The Morgan fingerprint density at radius 1 is 0.659 bits per heavy atom. The third-order valence-electron chi connectivity index (χ3n) is 9.54. The lowest BCUT2D eigenvalue weighted by atomic mass is 9.90. The predicted octanol–water partition coefficient (Wildman–Crippen LogP) is 5.46. The van der Waals surface area contributed by atoms with Gasteiger partial charge in [-0.1, -0.05) is 24.3 Å². The normalized spacial score (nSPS) is 23.4. The van der Waals surface area contributed by atoms with Crippen LogP contribution in [0.4, 0.5) is 0 Å². The molecule has 0 amide bonds. The minimum Gasteiger partial charge on any atom is -0.347 e. The quantitative estimate of drug-likeness (QED) is 0.239. The molecule has 2 aromatic heterocycles. The number of rotatable bonds is 4. The summed E-state index contributed by atoms with van der Waals surface area (Å²) in [7, 11) is 0. The second kappa shape index (κ2) is 9.22. The van der Waals surface area contributed by atoms with Gasteiger partial charge in [0, 0.05) is 12.8 Å². The largest absolute Gasteiger partial charge is 0.347 e. The number of imidazole rings is 2. The van der Waals surface area contributed by atoms with Crippen LogP contribution in [0.15, 0.2) is 48.5 Å². The van der Waals surface area contributed by atoms with E-state index in [1.165, 1.54) is 46.2 Å². The van der Waals surface area contributed by atoms with Crippen LogP contribution >= 0.6 is 0 Å². The van der Waals surface area contributed by atoms with Crippen LogP contribution in [-0.2, 0) is 22.3 Å². The lowest BCUT2D eigenvalue weighted by Crippen LogP contribution is -2.30. The van der Waals surface area contributed by atoms with Crippen LogP contribution in [0, 0.1) is 0 Å². The van der Waals surface area contributed by atoms with Gasteiger partial charge in [-0.25, -0.2) is 9.97 Å². The van der Waals surface area contributed by atoms with Gasteiger partial charge in [-0.2, -0.15) is 0 Å². The van der Waals surface area contributed by atoms with E-state index in [4.69, 9.17) is 19.4 Å². The number of benzene rings is 3. The fourth-order valence-electron chi connectivity index (χ4n) is 7.50. The van der Waals surface area contributed by atoms with Gasteiger partial charge in [0.2, 0.25) is 0 Å². The van der Waals surface area contributed by atoms with Crippen LogP contribution in [0.1, 0.15) is 60.5 Å². The molecule has 3 saturated heterocycles.